The number of pyridine rings is 1. The second kappa shape index (κ2) is 6.35. The molecule has 1 aromatic heterocycles. The quantitative estimate of drug-likeness (QED) is 0.853. The van der Waals surface area contributed by atoms with Crippen LogP contribution in [-0.4, -0.2) is 24.0 Å². The predicted molar refractivity (Wildman–Crippen MR) is 77.1 cm³/mol. The van der Waals surface area contributed by atoms with Gasteiger partial charge in [-0.1, -0.05) is 12.0 Å². The fourth-order valence-corrected chi connectivity index (χ4v) is 1.87. The van der Waals surface area contributed by atoms with E-state index in [0.29, 0.717) is 11.1 Å². The number of alkyl halides is 3. The molecule has 22 heavy (non-hydrogen) atoms. The number of terminal acetylenes is 1. The molecule has 2 aromatic rings. The minimum absolute atomic E-state index is 0.0399. The summed E-state index contributed by atoms with van der Waals surface area (Å²) in [6.07, 6.45) is 1.98. The maximum absolute atomic E-state index is 12.7. The van der Waals surface area contributed by atoms with Gasteiger partial charge in [0.25, 0.3) is 0 Å². The van der Waals surface area contributed by atoms with Gasteiger partial charge in [-0.25, -0.2) is 0 Å². The van der Waals surface area contributed by atoms with Crippen LogP contribution in [0.3, 0.4) is 0 Å². The smallest absolute Gasteiger partial charge is 0.376 e. The van der Waals surface area contributed by atoms with E-state index in [2.05, 4.69) is 21.5 Å². The van der Waals surface area contributed by atoms with Crippen molar-refractivity contribution in [2.75, 3.05) is 18.4 Å². The third kappa shape index (κ3) is 3.67. The lowest BCUT2D eigenvalue weighted by Crippen LogP contribution is -2.30. The predicted octanol–water partition coefficient (Wildman–Crippen LogP) is 2.41. The van der Waals surface area contributed by atoms with Crippen molar-refractivity contribution in [2.45, 2.75) is 6.18 Å². The van der Waals surface area contributed by atoms with Gasteiger partial charge in [-0.3, -0.25) is 9.78 Å². The number of nitrogens with zero attached hydrogens (tertiary/aromatic N) is 1. The molecule has 114 valence electrons. The van der Waals surface area contributed by atoms with E-state index < -0.39 is 11.7 Å². The fourth-order valence-electron chi connectivity index (χ4n) is 1.87. The molecule has 0 bridgehead atoms. The Morgan fingerprint density at radius 2 is 2.09 bits per heavy atom. The average Bonchev–Trinajstić information content (AvgIpc) is 2.49. The highest BCUT2D eigenvalue weighted by Crippen LogP contribution is 2.32. The number of benzene rings is 1. The normalized spacial score (nSPS) is 11.0. The van der Waals surface area contributed by atoms with E-state index in [9.17, 15) is 18.0 Å². The highest BCUT2D eigenvalue weighted by molar-refractivity contribution is 5.93. The van der Waals surface area contributed by atoms with Crippen molar-refractivity contribution in [1.29, 1.82) is 0 Å². The van der Waals surface area contributed by atoms with Crippen LogP contribution in [0.25, 0.3) is 10.9 Å². The van der Waals surface area contributed by atoms with Crippen molar-refractivity contribution < 1.29 is 18.0 Å². The number of carbonyl (C=O) groups excluding carboxylic acids is 1. The van der Waals surface area contributed by atoms with Crippen LogP contribution in [0.4, 0.5) is 18.9 Å². The molecule has 4 nitrogen and oxygen atoms in total. The number of aromatic nitrogens is 1. The van der Waals surface area contributed by atoms with Crippen molar-refractivity contribution in [1.82, 2.24) is 10.3 Å². The molecule has 0 radical (unpaired) electrons. The molecule has 0 saturated carbocycles. The highest BCUT2D eigenvalue weighted by atomic mass is 19.4. The summed E-state index contributed by atoms with van der Waals surface area (Å²) in [4.78, 5) is 15.4. The lowest BCUT2D eigenvalue weighted by molar-refractivity contribution is -0.137. The first-order valence-corrected chi connectivity index (χ1v) is 6.32. The van der Waals surface area contributed by atoms with Gasteiger partial charge in [-0.05, 0) is 18.2 Å². The van der Waals surface area contributed by atoms with E-state index in [1.807, 2.05) is 0 Å². The molecule has 0 aliphatic carbocycles. The molecule has 2 N–H and O–H groups in total. The summed E-state index contributed by atoms with van der Waals surface area (Å²) >= 11 is 0. The van der Waals surface area contributed by atoms with Crippen molar-refractivity contribution in [3.05, 3.63) is 36.0 Å². The molecule has 0 spiro atoms. The minimum Gasteiger partial charge on any atom is -0.376 e. The van der Waals surface area contributed by atoms with Gasteiger partial charge in [0.15, 0.2) is 0 Å². The number of anilines is 1. The summed E-state index contributed by atoms with van der Waals surface area (Å²) in [5.41, 5.74) is -0.0464. The van der Waals surface area contributed by atoms with Crippen LogP contribution in [0, 0.1) is 12.3 Å². The van der Waals surface area contributed by atoms with E-state index in [1.165, 1.54) is 12.3 Å². The van der Waals surface area contributed by atoms with Gasteiger partial charge in [0.2, 0.25) is 5.91 Å². The van der Waals surface area contributed by atoms with Crippen LogP contribution in [0.2, 0.25) is 0 Å². The minimum atomic E-state index is -4.42. The number of hydrogen-bond acceptors (Lipinski definition) is 3. The lowest BCUT2D eigenvalue weighted by Gasteiger charge is -2.11. The first-order valence-electron chi connectivity index (χ1n) is 6.32. The number of carbonyl (C=O) groups is 1. The molecular formula is C15H12F3N3O. The summed E-state index contributed by atoms with van der Waals surface area (Å²) in [6.45, 7) is 0.0777. The maximum Gasteiger partial charge on any atom is 0.416 e. The Balaban J connectivity index is 2.21. The molecule has 7 heteroatoms. The topological polar surface area (TPSA) is 54.0 Å². The third-order valence-corrected chi connectivity index (χ3v) is 2.90. The zero-order valence-corrected chi connectivity index (χ0v) is 11.4. The Morgan fingerprint density at radius 1 is 1.32 bits per heavy atom. The third-order valence-electron chi connectivity index (χ3n) is 2.90. The van der Waals surface area contributed by atoms with Gasteiger partial charge in [0.05, 0.1) is 24.2 Å². The first kappa shape index (κ1) is 15.6. The van der Waals surface area contributed by atoms with Crippen molar-refractivity contribution in [3.8, 4) is 12.3 Å². The van der Waals surface area contributed by atoms with Gasteiger partial charge >= 0.3 is 6.18 Å². The summed E-state index contributed by atoms with van der Waals surface area (Å²) < 4.78 is 38.0. The fraction of sp³-hybridized carbons (Fsp3) is 0.200. The Morgan fingerprint density at radius 3 is 2.77 bits per heavy atom. The van der Waals surface area contributed by atoms with Crippen LogP contribution in [0.5, 0.6) is 0 Å². The van der Waals surface area contributed by atoms with Crippen LogP contribution >= 0.6 is 0 Å². The van der Waals surface area contributed by atoms with E-state index in [-0.39, 0.29) is 24.5 Å². The largest absolute Gasteiger partial charge is 0.416 e. The van der Waals surface area contributed by atoms with E-state index >= 15 is 0 Å². The molecule has 1 aromatic carbocycles. The Labute approximate surface area is 124 Å². The van der Waals surface area contributed by atoms with Crippen molar-refractivity contribution >= 4 is 22.5 Å². The van der Waals surface area contributed by atoms with Crippen LogP contribution in [0.1, 0.15) is 5.56 Å². The summed E-state index contributed by atoms with van der Waals surface area (Å²) in [7, 11) is 0. The van der Waals surface area contributed by atoms with Crippen LogP contribution in [0.15, 0.2) is 30.5 Å². The number of nitrogens with one attached hydrogen (secondary N) is 2. The summed E-state index contributed by atoms with van der Waals surface area (Å²) in [5, 5.41) is 5.83. The monoisotopic (exact) mass is 307 g/mol. The molecule has 0 aliphatic rings. The van der Waals surface area contributed by atoms with E-state index in [4.69, 9.17) is 6.42 Å². The first-order chi connectivity index (χ1) is 10.4. The maximum atomic E-state index is 12.7. The van der Waals surface area contributed by atoms with Gasteiger partial charge in [0.1, 0.15) is 0 Å². The molecule has 0 saturated heterocycles. The molecule has 1 heterocycles. The zero-order valence-electron chi connectivity index (χ0n) is 11.4. The lowest BCUT2D eigenvalue weighted by atomic mass is 10.1. The Kier molecular flexibility index (Phi) is 4.51. The molecule has 2 rings (SSSR count). The summed E-state index contributed by atoms with van der Waals surface area (Å²) in [6, 6.07) is 4.86. The second-order valence-electron chi connectivity index (χ2n) is 4.42. The number of halogens is 3. The second-order valence-corrected chi connectivity index (χ2v) is 4.42. The SMILES string of the molecule is C#CCNC(=O)CNc1ccnc2cc(C(F)(F)F)ccc12. The van der Waals surface area contributed by atoms with Crippen LogP contribution < -0.4 is 10.6 Å². The van der Waals surface area contributed by atoms with E-state index in [1.54, 1.807) is 6.07 Å². The molecule has 0 unspecified atom stereocenters. The number of rotatable bonds is 4. The van der Waals surface area contributed by atoms with Crippen LogP contribution in [-0.2, 0) is 11.0 Å². The Hall–Kier alpha value is -2.75. The number of hydrogen-bond donors (Lipinski definition) is 2. The average molecular weight is 307 g/mol. The number of fused-ring (bicyclic) bond motifs is 1. The highest BCUT2D eigenvalue weighted by Gasteiger charge is 2.30. The summed E-state index contributed by atoms with van der Waals surface area (Å²) in [5.74, 6) is 1.96. The zero-order chi connectivity index (χ0) is 16.2. The molecular weight excluding hydrogens is 295 g/mol. The molecule has 0 aliphatic heterocycles. The Bertz CT molecular complexity index is 735. The van der Waals surface area contributed by atoms with Gasteiger partial charge in [0, 0.05) is 17.3 Å². The molecule has 0 atom stereocenters. The standard InChI is InChI=1S/C15H12F3N3O/c1-2-6-20-14(22)9-21-12-5-7-19-13-8-10(15(16,17)18)3-4-11(12)13/h1,3-5,7-8H,6,9H2,(H,19,21)(H,20,22). The van der Waals surface area contributed by atoms with E-state index in [0.717, 1.165) is 12.1 Å². The molecule has 0 fully saturated rings. The number of amides is 1. The van der Waals surface area contributed by atoms with Gasteiger partial charge in [-0.15, -0.1) is 6.42 Å². The van der Waals surface area contributed by atoms with Gasteiger partial charge in [-0.2, -0.15) is 13.2 Å². The van der Waals surface area contributed by atoms with Crippen molar-refractivity contribution in [2.24, 2.45) is 0 Å². The molecule has 1 amide bonds. The van der Waals surface area contributed by atoms with Gasteiger partial charge < -0.3 is 10.6 Å². The van der Waals surface area contributed by atoms with Crippen molar-refractivity contribution in [3.63, 3.8) is 0 Å².